The summed E-state index contributed by atoms with van der Waals surface area (Å²) < 4.78 is 3.40. The Kier molecular flexibility index (Phi) is 3.43. The van der Waals surface area contributed by atoms with Crippen LogP contribution in [-0.4, -0.2) is 36.8 Å². The first kappa shape index (κ1) is 13.3. The molecule has 0 saturated heterocycles. The molecule has 8 nitrogen and oxygen atoms in total. The topological polar surface area (TPSA) is 99.0 Å². The monoisotopic (exact) mass is 288 g/mol. The summed E-state index contributed by atoms with van der Waals surface area (Å²) in [5.74, 6) is 0.838. The van der Waals surface area contributed by atoms with Crippen molar-refractivity contribution in [3.63, 3.8) is 0 Å². The standard InChI is InChI=1S/C13H16N6O2/c14-13(21)18-7-10(6-17-5-4-15-11(17)9-18)8-19-12(20)2-1-3-16-19/h1-5,10H,6-9H2,(H2,14,21). The van der Waals surface area contributed by atoms with E-state index in [0.717, 1.165) is 5.82 Å². The van der Waals surface area contributed by atoms with Crippen LogP contribution >= 0.6 is 0 Å². The Hall–Kier alpha value is -2.64. The average molecular weight is 288 g/mol. The number of carbonyl (C=O) groups is 1. The van der Waals surface area contributed by atoms with E-state index in [9.17, 15) is 9.59 Å². The second-order valence-corrected chi connectivity index (χ2v) is 5.12. The van der Waals surface area contributed by atoms with Gasteiger partial charge in [0.15, 0.2) is 0 Å². The minimum atomic E-state index is -0.482. The third-order valence-corrected chi connectivity index (χ3v) is 3.60. The molecule has 1 atom stereocenters. The number of hydrogen-bond acceptors (Lipinski definition) is 4. The number of primary amides is 1. The molecule has 3 heterocycles. The van der Waals surface area contributed by atoms with Crippen molar-refractivity contribution in [1.82, 2.24) is 24.2 Å². The molecule has 0 radical (unpaired) electrons. The molecule has 21 heavy (non-hydrogen) atoms. The van der Waals surface area contributed by atoms with Gasteiger partial charge in [-0.25, -0.2) is 14.5 Å². The van der Waals surface area contributed by atoms with Gasteiger partial charge in [0.2, 0.25) is 0 Å². The van der Waals surface area contributed by atoms with Crippen LogP contribution in [0.2, 0.25) is 0 Å². The number of aromatic nitrogens is 4. The van der Waals surface area contributed by atoms with Crippen molar-refractivity contribution in [1.29, 1.82) is 0 Å². The Morgan fingerprint density at radius 3 is 3.00 bits per heavy atom. The van der Waals surface area contributed by atoms with E-state index in [2.05, 4.69) is 10.1 Å². The zero-order chi connectivity index (χ0) is 14.8. The SMILES string of the molecule is NC(=O)N1Cc2nccn2CC(Cn2ncccc2=O)C1. The van der Waals surface area contributed by atoms with Gasteiger partial charge in [-0.15, -0.1) is 0 Å². The first-order chi connectivity index (χ1) is 10.1. The van der Waals surface area contributed by atoms with Crippen LogP contribution in [0.15, 0.2) is 35.5 Å². The highest BCUT2D eigenvalue weighted by Crippen LogP contribution is 2.16. The summed E-state index contributed by atoms with van der Waals surface area (Å²) in [6.07, 6.45) is 5.14. The van der Waals surface area contributed by atoms with Crippen molar-refractivity contribution in [2.45, 2.75) is 19.6 Å². The van der Waals surface area contributed by atoms with E-state index in [0.29, 0.717) is 26.2 Å². The van der Waals surface area contributed by atoms with Crippen molar-refractivity contribution in [3.8, 4) is 0 Å². The Balaban J connectivity index is 1.86. The molecule has 2 amide bonds. The number of urea groups is 1. The summed E-state index contributed by atoms with van der Waals surface area (Å²) in [5, 5.41) is 4.06. The molecule has 1 aliphatic heterocycles. The number of fused-ring (bicyclic) bond motifs is 1. The molecule has 2 aromatic heterocycles. The molecule has 1 unspecified atom stereocenters. The van der Waals surface area contributed by atoms with E-state index in [4.69, 9.17) is 5.73 Å². The first-order valence-electron chi connectivity index (χ1n) is 6.70. The zero-order valence-corrected chi connectivity index (χ0v) is 11.4. The maximum absolute atomic E-state index is 11.8. The highest BCUT2D eigenvalue weighted by molar-refractivity contribution is 5.71. The van der Waals surface area contributed by atoms with Crippen LogP contribution in [0.5, 0.6) is 0 Å². The quantitative estimate of drug-likeness (QED) is 0.816. The van der Waals surface area contributed by atoms with Gasteiger partial charge in [-0.1, -0.05) is 0 Å². The molecule has 0 saturated carbocycles. The summed E-state index contributed by atoms with van der Waals surface area (Å²) in [6, 6.07) is 2.60. The van der Waals surface area contributed by atoms with Crippen LogP contribution in [0.25, 0.3) is 0 Å². The fraction of sp³-hybridized carbons (Fsp3) is 0.385. The van der Waals surface area contributed by atoms with E-state index in [-0.39, 0.29) is 11.5 Å². The van der Waals surface area contributed by atoms with Gasteiger partial charge in [0.25, 0.3) is 5.56 Å². The maximum Gasteiger partial charge on any atom is 0.315 e. The molecule has 0 aliphatic carbocycles. The first-order valence-corrected chi connectivity index (χ1v) is 6.70. The average Bonchev–Trinajstić information content (AvgIpc) is 2.80. The normalized spacial score (nSPS) is 18.1. The lowest BCUT2D eigenvalue weighted by atomic mass is 10.1. The number of nitrogens with zero attached hydrogens (tertiary/aromatic N) is 5. The lowest BCUT2D eigenvalue weighted by Crippen LogP contribution is -2.39. The van der Waals surface area contributed by atoms with E-state index in [1.54, 1.807) is 23.4 Å². The highest BCUT2D eigenvalue weighted by Gasteiger charge is 2.25. The largest absolute Gasteiger partial charge is 0.351 e. The third-order valence-electron chi connectivity index (χ3n) is 3.60. The summed E-state index contributed by atoms with van der Waals surface area (Å²) in [4.78, 5) is 29.1. The molecule has 0 fully saturated rings. The van der Waals surface area contributed by atoms with E-state index in [1.807, 2.05) is 10.8 Å². The molecule has 2 N–H and O–H groups in total. The van der Waals surface area contributed by atoms with Crippen LogP contribution in [0.1, 0.15) is 5.82 Å². The minimum absolute atomic E-state index is 0.0422. The molecule has 1 aliphatic rings. The summed E-state index contributed by atoms with van der Waals surface area (Å²) in [5.41, 5.74) is 5.26. The van der Waals surface area contributed by atoms with Crippen molar-refractivity contribution in [3.05, 3.63) is 46.9 Å². The molecular weight excluding hydrogens is 272 g/mol. The predicted molar refractivity (Wildman–Crippen MR) is 74.2 cm³/mol. The van der Waals surface area contributed by atoms with Gasteiger partial charge in [0.1, 0.15) is 5.82 Å². The Bertz CT molecular complexity index is 706. The number of nitrogens with two attached hydrogens (primary N) is 1. The molecule has 0 bridgehead atoms. The van der Waals surface area contributed by atoms with Gasteiger partial charge in [-0.2, -0.15) is 5.10 Å². The van der Waals surface area contributed by atoms with Crippen LogP contribution in [0.3, 0.4) is 0 Å². The number of imidazole rings is 1. The van der Waals surface area contributed by atoms with Crippen molar-refractivity contribution in [2.75, 3.05) is 6.54 Å². The number of amides is 2. The number of carbonyl (C=O) groups excluding carboxylic acids is 1. The smallest absolute Gasteiger partial charge is 0.315 e. The van der Waals surface area contributed by atoms with Gasteiger partial charge in [0.05, 0.1) is 13.1 Å². The molecule has 0 aromatic carbocycles. The lowest BCUT2D eigenvalue weighted by Gasteiger charge is -2.22. The second-order valence-electron chi connectivity index (χ2n) is 5.12. The van der Waals surface area contributed by atoms with Gasteiger partial charge in [0, 0.05) is 43.7 Å². The Morgan fingerprint density at radius 1 is 1.38 bits per heavy atom. The van der Waals surface area contributed by atoms with E-state index >= 15 is 0 Å². The fourth-order valence-electron chi connectivity index (χ4n) is 2.59. The van der Waals surface area contributed by atoms with Gasteiger partial charge < -0.3 is 15.2 Å². The van der Waals surface area contributed by atoms with Crippen molar-refractivity contribution < 1.29 is 4.79 Å². The van der Waals surface area contributed by atoms with Gasteiger partial charge in [-0.05, 0) is 6.07 Å². The maximum atomic E-state index is 11.8. The van der Waals surface area contributed by atoms with Crippen LogP contribution in [-0.2, 0) is 19.6 Å². The summed E-state index contributed by atoms with van der Waals surface area (Å²) in [7, 11) is 0. The lowest BCUT2D eigenvalue weighted by molar-refractivity contribution is 0.190. The molecular formula is C13H16N6O2. The van der Waals surface area contributed by atoms with Gasteiger partial charge >= 0.3 is 6.03 Å². The third kappa shape index (κ3) is 2.78. The van der Waals surface area contributed by atoms with E-state index in [1.165, 1.54) is 10.7 Å². The Morgan fingerprint density at radius 2 is 2.24 bits per heavy atom. The van der Waals surface area contributed by atoms with Gasteiger partial charge in [-0.3, -0.25) is 4.79 Å². The highest BCUT2D eigenvalue weighted by atomic mass is 16.2. The predicted octanol–water partition coefficient (Wildman–Crippen LogP) is -0.350. The number of rotatable bonds is 2. The molecule has 0 spiro atoms. The summed E-state index contributed by atoms with van der Waals surface area (Å²) in [6.45, 7) is 1.96. The molecule has 110 valence electrons. The summed E-state index contributed by atoms with van der Waals surface area (Å²) >= 11 is 0. The number of hydrogen-bond donors (Lipinski definition) is 1. The van der Waals surface area contributed by atoms with Crippen molar-refractivity contribution >= 4 is 6.03 Å². The molecule has 8 heteroatoms. The molecule has 3 rings (SSSR count). The van der Waals surface area contributed by atoms with Crippen LogP contribution in [0, 0.1) is 5.92 Å². The Labute approximate surface area is 120 Å². The van der Waals surface area contributed by atoms with E-state index < -0.39 is 6.03 Å². The van der Waals surface area contributed by atoms with Crippen LogP contribution in [0.4, 0.5) is 4.79 Å². The molecule has 2 aromatic rings. The zero-order valence-electron chi connectivity index (χ0n) is 11.4. The fourth-order valence-corrected chi connectivity index (χ4v) is 2.59. The van der Waals surface area contributed by atoms with Crippen LogP contribution < -0.4 is 11.3 Å². The second kappa shape index (κ2) is 5.39. The minimum Gasteiger partial charge on any atom is -0.351 e. The van der Waals surface area contributed by atoms with Crippen molar-refractivity contribution in [2.24, 2.45) is 11.7 Å².